The first-order valence-electron chi connectivity index (χ1n) is 5.90. The highest BCUT2D eigenvalue weighted by Gasteiger charge is 2.16. The molecule has 0 fully saturated rings. The van der Waals surface area contributed by atoms with E-state index in [9.17, 15) is 0 Å². The first kappa shape index (κ1) is 14.4. The van der Waals surface area contributed by atoms with Gasteiger partial charge < -0.3 is 10.1 Å². The molecular weight excluding hydrogens is 282 g/mol. The van der Waals surface area contributed by atoms with Gasteiger partial charge in [-0.1, -0.05) is 13.8 Å². The van der Waals surface area contributed by atoms with Crippen molar-refractivity contribution >= 4 is 21.7 Å². The maximum absolute atomic E-state index is 5.16. The molecule has 5 heteroatoms. The first-order chi connectivity index (χ1) is 8.17. The minimum absolute atomic E-state index is 0.408. The van der Waals surface area contributed by atoms with Crippen molar-refractivity contribution in [3.8, 4) is 0 Å². The van der Waals surface area contributed by atoms with Crippen LogP contribution in [0.5, 0.6) is 0 Å². The van der Waals surface area contributed by atoms with Crippen LogP contribution in [-0.4, -0.2) is 24.1 Å². The molecule has 0 aliphatic heterocycles. The molecule has 0 aromatic carbocycles. The van der Waals surface area contributed by atoms with Gasteiger partial charge in [0.15, 0.2) is 0 Å². The third kappa shape index (κ3) is 3.39. The van der Waals surface area contributed by atoms with Crippen LogP contribution in [0.15, 0.2) is 4.47 Å². The molecule has 4 nitrogen and oxygen atoms in total. The summed E-state index contributed by atoms with van der Waals surface area (Å²) in [5.74, 6) is 2.13. The molecule has 0 saturated carbocycles. The van der Waals surface area contributed by atoms with Crippen molar-refractivity contribution in [3.05, 3.63) is 16.0 Å². The number of nitrogens with zero attached hydrogens (tertiary/aromatic N) is 2. The van der Waals surface area contributed by atoms with Crippen LogP contribution in [0.4, 0.5) is 5.82 Å². The number of methoxy groups -OCH3 is 1. The summed E-state index contributed by atoms with van der Waals surface area (Å²) >= 11 is 3.50. The van der Waals surface area contributed by atoms with Gasteiger partial charge in [0.25, 0.3) is 0 Å². The van der Waals surface area contributed by atoms with Crippen molar-refractivity contribution in [1.29, 1.82) is 0 Å². The molecule has 1 N–H and O–H groups in total. The largest absolute Gasteiger partial charge is 0.378 e. The second-order valence-electron chi connectivity index (χ2n) is 3.89. The van der Waals surface area contributed by atoms with Crippen molar-refractivity contribution in [2.24, 2.45) is 0 Å². The van der Waals surface area contributed by atoms with Crippen LogP contribution in [-0.2, 0) is 11.3 Å². The number of nitrogens with one attached hydrogen (secondary N) is 1. The normalized spacial score (nSPS) is 10.9. The predicted molar refractivity (Wildman–Crippen MR) is 73.3 cm³/mol. The fraction of sp³-hybridized carbons (Fsp3) is 0.667. The molecule has 0 atom stereocenters. The van der Waals surface area contributed by atoms with E-state index in [1.807, 2.05) is 7.05 Å². The summed E-state index contributed by atoms with van der Waals surface area (Å²) < 4.78 is 6.05. The van der Waals surface area contributed by atoms with Gasteiger partial charge in [0.2, 0.25) is 0 Å². The number of rotatable bonds is 6. The molecule has 1 aromatic heterocycles. The summed E-state index contributed by atoms with van der Waals surface area (Å²) in [6.45, 7) is 4.81. The lowest BCUT2D eigenvalue weighted by atomic mass is 10.0. The molecule has 0 amide bonds. The highest BCUT2D eigenvalue weighted by molar-refractivity contribution is 9.10. The van der Waals surface area contributed by atoms with E-state index in [2.05, 4.69) is 45.1 Å². The standard InChI is InChI=1S/C12H20BrN3O/c1-5-8(6-2)11-15-9(7-17-4)10(13)12(14-3)16-11/h8H,5-7H2,1-4H3,(H,14,15,16). The maximum Gasteiger partial charge on any atom is 0.144 e. The zero-order chi connectivity index (χ0) is 12.8. The monoisotopic (exact) mass is 301 g/mol. The van der Waals surface area contributed by atoms with Gasteiger partial charge >= 0.3 is 0 Å². The van der Waals surface area contributed by atoms with Gasteiger partial charge in [-0.15, -0.1) is 0 Å². The molecule has 0 bridgehead atoms. The number of hydrogen-bond donors (Lipinski definition) is 1. The van der Waals surface area contributed by atoms with Gasteiger partial charge in [-0.3, -0.25) is 0 Å². The van der Waals surface area contributed by atoms with Gasteiger partial charge in [0.1, 0.15) is 11.6 Å². The Morgan fingerprint density at radius 3 is 2.41 bits per heavy atom. The van der Waals surface area contributed by atoms with Crippen LogP contribution in [0.3, 0.4) is 0 Å². The topological polar surface area (TPSA) is 47.0 Å². The average molecular weight is 302 g/mol. The fourth-order valence-corrected chi connectivity index (χ4v) is 2.24. The van der Waals surface area contributed by atoms with E-state index in [0.717, 1.165) is 34.7 Å². The molecule has 1 rings (SSSR count). The van der Waals surface area contributed by atoms with Crippen LogP contribution < -0.4 is 5.32 Å². The van der Waals surface area contributed by atoms with E-state index in [-0.39, 0.29) is 0 Å². The summed E-state index contributed by atoms with van der Waals surface area (Å²) in [6, 6.07) is 0. The van der Waals surface area contributed by atoms with Crippen molar-refractivity contribution in [2.45, 2.75) is 39.2 Å². The predicted octanol–water partition coefficient (Wildman–Crippen LogP) is 3.33. The lowest BCUT2D eigenvalue weighted by Crippen LogP contribution is -2.09. The number of halogens is 1. The first-order valence-corrected chi connectivity index (χ1v) is 6.70. The molecule has 1 heterocycles. The summed E-state index contributed by atoms with van der Waals surface area (Å²) in [5.41, 5.74) is 0.897. The molecular formula is C12H20BrN3O. The molecule has 0 spiro atoms. The van der Waals surface area contributed by atoms with E-state index >= 15 is 0 Å². The van der Waals surface area contributed by atoms with E-state index in [1.165, 1.54) is 0 Å². The zero-order valence-electron chi connectivity index (χ0n) is 10.9. The molecule has 17 heavy (non-hydrogen) atoms. The quantitative estimate of drug-likeness (QED) is 0.875. The fourth-order valence-electron chi connectivity index (χ4n) is 1.75. The Morgan fingerprint density at radius 2 is 1.94 bits per heavy atom. The highest BCUT2D eigenvalue weighted by Crippen LogP contribution is 2.28. The molecule has 96 valence electrons. The smallest absolute Gasteiger partial charge is 0.144 e. The van der Waals surface area contributed by atoms with Crippen molar-refractivity contribution < 1.29 is 4.74 Å². The Labute approximate surface area is 111 Å². The van der Waals surface area contributed by atoms with E-state index < -0.39 is 0 Å². The molecule has 0 unspecified atom stereocenters. The Morgan fingerprint density at radius 1 is 1.29 bits per heavy atom. The number of anilines is 1. The summed E-state index contributed by atoms with van der Waals surface area (Å²) in [4.78, 5) is 9.14. The van der Waals surface area contributed by atoms with Crippen LogP contribution in [0.2, 0.25) is 0 Å². The lowest BCUT2D eigenvalue weighted by molar-refractivity contribution is 0.180. The Hall–Kier alpha value is -0.680. The van der Waals surface area contributed by atoms with Gasteiger partial charge in [-0.25, -0.2) is 9.97 Å². The second kappa shape index (κ2) is 6.91. The molecule has 0 radical (unpaired) electrons. The van der Waals surface area contributed by atoms with E-state index in [1.54, 1.807) is 7.11 Å². The van der Waals surface area contributed by atoms with Gasteiger partial charge in [-0.05, 0) is 28.8 Å². The number of aromatic nitrogens is 2. The van der Waals surface area contributed by atoms with Crippen LogP contribution in [0.1, 0.15) is 44.1 Å². The Kier molecular flexibility index (Phi) is 5.85. The van der Waals surface area contributed by atoms with Gasteiger partial charge in [0, 0.05) is 20.1 Å². The zero-order valence-corrected chi connectivity index (χ0v) is 12.5. The summed E-state index contributed by atoms with van der Waals surface area (Å²) in [6.07, 6.45) is 2.10. The van der Waals surface area contributed by atoms with Gasteiger partial charge in [0.05, 0.1) is 16.8 Å². The maximum atomic E-state index is 5.16. The second-order valence-corrected chi connectivity index (χ2v) is 4.68. The summed E-state index contributed by atoms with van der Waals surface area (Å²) in [7, 11) is 3.53. The van der Waals surface area contributed by atoms with Crippen molar-refractivity contribution in [3.63, 3.8) is 0 Å². The van der Waals surface area contributed by atoms with E-state index in [0.29, 0.717) is 12.5 Å². The van der Waals surface area contributed by atoms with Crippen LogP contribution >= 0.6 is 15.9 Å². The lowest BCUT2D eigenvalue weighted by Gasteiger charge is -2.15. The molecule has 1 aromatic rings. The Bertz CT molecular complexity index is 367. The molecule has 0 aliphatic rings. The van der Waals surface area contributed by atoms with E-state index in [4.69, 9.17) is 4.74 Å². The van der Waals surface area contributed by atoms with Crippen LogP contribution in [0.25, 0.3) is 0 Å². The summed E-state index contributed by atoms with van der Waals surface area (Å²) in [5, 5.41) is 3.08. The van der Waals surface area contributed by atoms with Crippen molar-refractivity contribution in [2.75, 3.05) is 19.5 Å². The number of hydrogen-bond acceptors (Lipinski definition) is 4. The minimum atomic E-state index is 0.408. The third-order valence-corrected chi connectivity index (χ3v) is 3.64. The molecule has 0 aliphatic carbocycles. The molecule has 0 saturated heterocycles. The average Bonchev–Trinajstić information content (AvgIpc) is 2.34. The highest BCUT2D eigenvalue weighted by atomic mass is 79.9. The van der Waals surface area contributed by atoms with Gasteiger partial charge in [-0.2, -0.15) is 0 Å². The third-order valence-electron chi connectivity index (χ3n) is 2.81. The SMILES string of the molecule is CCC(CC)c1nc(COC)c(Br)c(NC)n1. The number of ether oxygens (including phenoxy) is 1. The minimum Gasteiger partial charge on any atom is -0.378 e. The van der Waals surface area contributed by atoms with Crippen molar-refractivity contribution in [1.82, 2.24) is 9.97 Å². The Balaban J connectivity index is 3.18. The van der Waals surface area contributed by atoms with Crippen LogP contribution in [0, 0.1) is 0 Å².